The van der Waals surface area contributed by atoms with Gasteiger partial charge in [0.15, 0.2) is 0 Å². The van der Waals surface area contributed by atoms with Crippen molar-refractivity contribution in [3.05, 3.63) is 11.8 Å². The van der Waals surface area contributed by atoms with Gasteiger partial charge in [0.25, 0.3) is 0 Å². The molecule has 2 aliphatic rings. The van der Waals surface area contributed by atoms with E-state index < -0.39 is 5.97 Å². The molecule has 0 amide bonds. The zero-order valence-electron chi connectivity index (χ0n) is 12.5. The van der Waals surface area contributed by atoms with Crippen molar-refractivity contribution in [2.75, 3.05) is 0 Å². The first kappa shape index (κ1) is 14.5. The smallest absolute Gasteiger partial charge is 0.303 e. The molecule has 0 aliphatic heterocycles. The fraction of sp³-hybridized carbons (Fsp3) is 0.812. The van der Waals surface area contributed by atoms with Crippen LogP contribution < -0.4 is 0 Å². The van der Waals surface area contributed by atoms with Gasteiger partial charge in [-0.15, -0.1) is 10.2 Å². The quantitative estimate of drug-likeness (QED) is 0.895. The Hall–Kier alpha value is -1.39. The first-order valence-electron chi connectivity index (χ1n) is 8.21. The van der Waals surface area contributed by atoms with Gasteiger partial charge in [-0.05, 0) is 31.1 Å². The molecule has 0 aromatic carbocycles. The summed E-state index contributed by atoms with van der Waals surface area (Å²) in [6.45, 7) is 0. The van der Waals surface area contributed by atoms with Crippen molar-refractivity contribution in [3.8, 4) is 0 Å². The molecule has 5 heteroatoms. The third-order valence-electron chi connectivity index (χ3n) is 5.15. The zero-order valence-corrected chi connectivity index (χ0v) is 12.5. The Balaban J connectivity index is 1.68. The Labute approximate surface area is 125 Å². The summed E-state index contributed by atoms with van der Waals surface area (Å²) in [7, 11) is 0. The van der Waals surface area contributed by atoms with Crippen molar-refractivity contribution in [3.63, 3.8) is 0 Å². The molecule has 116 valence electrons. The third kappa shape index (κ3) is 3.44. The number of hydrogen-bond acceptors (Lipinski definition) is 4. The van der Waals surface area contributed by atoms with Gasteiger partial charge in [-0.2, -0.15) is 0 Å². The van der Waals surface area contributed by atoms with Crippen LogP contribution in [-0.4, -0.2) is 21.3 Å². The van der Waals surface area contributed by atoms with E-state index in [4.69, 9.17) is 9.52 Å². The maximum Gasteiger partial charge on any atom is 0.303 e. The van der Waals surface area contributed by atoms with E-state index in [2.05, 4.69) is 10.2 Å². The van der Waals surface area contributed by atoms with E-state index in [0.29, 0.717) is 18.2 Å². The number of carboxylic acid groups (broad SMARTS) is 1. The average molecular weight is 292 g/mol. The molecular formula is C16H24N2O3. The number of aromatic nitrogens is 2. The molecule has 1 heterocycles. The summed E-state index contributed by atoms with van der Waals surface area (Å²) >= 11 is 0. The van der Waals surface area contributed by atoms with Gasteiger partial charge < -0.3 is 9.52 Å². The lowest BCUT2D eigenvalue weighted by atomic mass is 9.79. The number of rotatable bonds is 5. The molecule has 0 saturated heterocycles. The standard InChI is InChI=1S/C16H24N2O3/c19-14(20)11-16(8-4-5-9-16)10-13-17-18-15(21-13)12-6-2-1-3-7-12/h12H,1-11H2,(H,19,20). The first-order valence-corrected chi connectivity index (χ1v) is 8.21. The largest absolute Gasteiger partial charge is 0.481 e. The van der Waals surface area contributed by atoms with Crippen LogP contribution in [0.4, 0.5) is 0 Å². The number of nitrogens with zero attached hydrogens (tertiary/aromatic N) is 2. The summed E-state index contributed by atoms with van der Waals surface area (Å²) in [5, 5.41) is 17.6. The lowest BCUT2D eigenvalue weighted by molar-refractivity contribution is -0.139. The monoisotopic (exact) mass is 292 g/mol. The molecule has 3 rings (SSSR count). The third-order valence-corrected chi connectivity index (χ3v) is 5.15. The Kier molecular flexibility index (Phi) is 4.27. The van der Waals surface area contributed by atoms with E-state index in [-0.39, 0.29) is 11.8 Å². The summed E-state index contributed by atoms with van der Waals surface area (Å²) in [6.07, 6.45) is 11.0. The van der Waals surface area contributed by atoms with Gasteiger partial charge in [-0.25, -0.2) is 0 Å². The molecule has 2 saturated carbocycles. The molecule has 1 N–H and O–H groups in total. The van der Waals surface area contributed by atoms with E-state index in [1.54, 1.807) is 0 Å². The SMILES string of the molecule is O=C(O)CC1(Cc2nnc(C3CCCCC3)o2)CCCC1. The van der Waals surface area contributed by atoms with Crippen molar-refractivity contribution in [1.29, 1.82) is 0 Å². The van der Waals surface area contributed by atoms with Crippen molar-refractivity contribution >= 4 is 5.97 Å². The summed E-state index contributed by atoms with van der Waals surface area (Å²) in [5.74, 6) is 1.11. The van der Waals surface area contributed by atoms with Crippen molar-refractivity contribution in [2.24, 2.45) is 5.41 Å². The summed E-state index contributed by atoms with van der Waals surface area (Å²) < 4.78 is 5.88. The molecule has 0 unspecified atom stereocenters. The highest BCUT2D eigenvalue weighted by Crippen LogP contribution is 2.44. The fourth-order valence-corrected chi connectivity index (χ4v) is 4.04. The second-order valence-corrected chi connectivity index (χ2v) is 6.82. The highest BCUT2D eigenvalue weighted by molar-refractivity contribution is 5.67. The van der Waals surface area contributed by atoms with Crippen LogP contribution in [0.25, 0.3) is 0 Å². The van der Waals surface area contributed by atoms with Gasteiger partial charge in [0.2, 0.25) is 11.8 Å². The summed E-state index contributed by atoms with van der Waals surface area (Å²) in [6, 6.07) is 0. The molecule has 21 heavy (non-hydrogen) atoms. The second-order valence-electron chi connectivity index (χ2n) is 6.82. The molecule has 2 aliphatic carbocycles. The Morgan fingerprint density at radius 3 is 2.52 bits per heavy atom. The Morgan fingerprint density at radius 1 is 1.14 bits per heavy atom. The van der Waals surface area contributed by atoms with Crippen molar-refractivity contribution in [2.45, 2.75) is 76.5 Å². The van der Waals surface area contributed by atoms with Gasteiger partial charge in [-0.3, -0.25) is 4.79 Å². The predicted octanol–water partition coefficient (Wildman–Crippen LogP) is 3.69. The van der Waals surface area contributed by atoms with Gasteiger partial charge >= 0.3 is 5.97 Å². The minimum Gasteiger partial charge on any atom is -0.481 e. The zero-order chi connectivity index (χ0) is 14.7. The van der Waals surface area contributed by atoms with E-state index in [1.807, 2.05) is 0 Å². The van der Waals surface area contributed by atoms with Crippen LogP contribution in [0, 0.1) is 5.41 Å². The second kappa shape index (κ2) is 6.16. The van der Waals surface area contributed by atoms with Crippen LogP contribution in [0.15, 0.2) is 4.42 Å². The maximum atomic E-state index is 11.1. The van der Waals surface area contributed by atoms with Gasteiger partial charge in [0.05, 0.1) is 6.42 Å². The molecule has 0 bridgehead atoms. The van der Waals surface area contributed by atoms with Crippen LogP contribution in [0.5, 0.6) is 0 Å². The van der Waals surface area contributed by atoms with Crippen LogP contribution >= 0.6 is 0 Å². The lowest BCUT2D eigenvalue weighted by Crippen LogP contribution is -2.24. The molecule has 1 aromatic rings. The molecule has 1 aromatic heterocycles. The maximum absolute atomic E-state index is 11.1. The van der Waals surface area contributed by atoms with Crippen LogP contribution in [0.3, 0.4) is 0 Å². The minimum atomic E-state index is -0.719. The molecule has 2 fully saturated rings. The summed E-state index contributed by atoms with van der Waals surface area (Å²) in [5.41, 5.74) is -0.164. The van der Waals surface area contributed by atoms with E-state index in [0.717, 1.165) is 44.4 Å². The molecule has 5 nitrogen and oxygen atoms in total. The van der Waals surface area contributed by atoms with Gasteiger partial charge in [-0.1, -0.05) is 32.1 Å². The Bertz CT molecular complexity index is 485. The fourth-order valence-electron chi connectivity index (χ4n) is 4.04. The molecule has 0 radical (unpaired) electrons. The number of carboxylic acids is 1. The molecular weight excluding hydrogens is 268 g/mol. The predicted molar refractivity (Wildman–Crippen MR) is 77.0 cm³/mol. The normalized spacial score (nSPS) is 22.5. The van der Waals surface area contributed by atoms with E-state index in [9.17, 15) is 4.79 Å². The topological polar surface area (TPSA) is 76.2 Å². The number of hydrogen-bond donors (Lipinski definition) is 1. The average Bonchev–Trinajstić information content (AvgIpc) is 3.09. The van der Waals surface area contributed by atoms with Gasteiger partial charge in [0, 0.05) is 12.3 Å². The van der Waals surface area contributed by atoms with E-state index >= 15 is 0 Å². The van der Waals surface area contributed by atoms with Gasteiger partial charge in [0.1, 0.15) is 0 Å². The molecule has 0 atom stereocenters. The first-order chi connectivity index (χ1) is 10.2. The number of aliphatic carboxylic acids is 1. The lowest BCUT2D eigenvalue weighted by Gasteiger charge is -2.25. The van der Waals surface area contributed by atoms with Crippen molar-refractivity contribution in [1.82, 2.24) is 10.2 Å². The van der Waals surface area contributed by atoms with Crippen LogP contribution in [-0.2, 0) is 11.2 Å². The number of carbonyl (C=O) groups is 1. The van der Waals surface area contributed by atoms with Crippen LogP contribution in [0.1, 0.15) is 81.9 Å². The Morgan fingerprint density at radius 2 is 1.86 bits per heavy atom. The minimum absolute atomic E-state index is 0.164. The molecule has 0 spiro atoms. The van der Waals surface area contributed by atoms with Crippen molar-refractivity contribution < 1.29 is 14.3 Å². The highest BCUT2D eigenvalue weighted by atomic mass is 16.4. The van der Waals surface area contributed by atoms with E-state index in [1.165, 1.54) is 19.3 Å². The summed E-state index contributed by atoms with van der Waals surface area (Å²) in [4.78, 5) is 11.1. The van der Waals surface area contributed by atoms with Crippen LogP contribution in [0.2, 0.25) is 0 Å². The highest BCUT2D eigenvalue weighted by Gasteiger charge is 2.38.